The summed E-state index contributed by atoms with van der Waals surface area (Å²) in [6, 6.07) is 11.2. The second-order valence-electron chi connectivity index (χ2n) is 4.30. The van der Waals surface area contributed by atoms with Gasteiger partial charge >= 0.3 is 0 Å². The highest BCUT2D eigenvalue weighted by Gasteiger charge is 2.11. The number of rotatable bonds is 3. The van der Waals surface area contributed by atoms with Crippen LogP contribution < -0.4 is 0 Å². The molecule has 0 nitrogen and oxygen atoms in total. The van der Waals surface area contributed by atoms with Crippen molar-refractivity contribution in [1.29, 1.82) is 0 Å². The fraction of sp³-hybridized carbons (Fsp3) is 0.200. The summed E-state index contributed by atoms with van der Waals surface area (Å²) < 4.78 is 25.8. The van der Waals surface area contributed by atoms with Crippen molar-refractivity contribution in [2.45, 2.75) is 18.2 Å². The molecule has 1 atom stereocenters. The summed E-state index contributed by atoms with van der Waals surface area (Å²) in [6.45, 7) is 1.89. The topological polar surface area (TPSA) is 0 Å². The first-order chi connectivity index (χ1) is 8.56. The summed E-state index contributed by atoms with van der Waals surface area (Å²) in [4.78, 5) is 0.101. The van der Waals surface area contributed by atoms with E-state index in [9.17, 15) is 8.78 Å². The van der Waals surface area contributed by atoms with Gasteiger partial charge in [-0.2, -0.15) is 0 Å². The molecule has 0 N–H and O–H groups in total. The Morgan fingerprint density at radius 3 is 2.22 bits per heavy atom. The molecule has 0 saturated heterocycles. The minimum atomic E-state index is -0.233. The van der Waals surface area contributed by atoms with Gasteiger partial charge in [0.25, 0.3) is 0 Å². The molecular formula is C15H13BrF2. The number of hydrogen-bond acceptors (Lipinski definition) is 0. The van der Waals surface area contributed by atoms with Gasteiger partial charge in [0, 0.05) is 4.83 Å². The Bertz CT molecular complexity index is 535. The fourth-order valence-corrected chi connectivity index (χ4v) is 2.82. The van der Waals surface area contributed by atoms with E-state index in [0.29, 0.717) is 0 Å². The Hall–Kier alpha value is -1.22. The van der Waals surface area contributed by atoms with Crippen LogP contribution in [0.1, 0.15) is 21.5 Å². The number of benzene rings is 2. The zero-order chi connectivity index (χ0) is 13.1. The predicted molar refractivity (Wildman–Crippen MR) is 72.9 cm³/mol. The quantitative estimate of drug-likeness (QED) is 0.703. The third-order valence-electron chi connectivity index (χ3n) is 2.90. The van der Waals surface area contributed by atoms with Crippen LogP contribution in [0.25, 0.3) is 0 Å². The van der Waals surface area contributed by atoms with Crippen LogP contribution in [0.3, 0.4) is 0 Å². The Kier molecular flexibility index (Phi) is 4.12. The standard InChI is InChI=1S/C15H13BrF2/c1-10-8-13(18)6-7-14(10)15(16)9-11-2-4-12(17)5-3-11/h2-8,15H,9H2,1H3. The van der Waals surface area contributed by atoms with E-state index < -0.39 is 0 Å². The van der Waals surface area contributed by atoms with Crippen molar-refractivity contribution >= 4 is 15.9 Å². The van der Waals surface area contributed by atoms with Crippen molar-refractivity contribution in [2.75, 3.05) is 0 Å². The van der Waals surface area contributed by atoms with Crippen molar-refractivity contribution in [3.05, 3.63) is 70.8 Å². The minimum Gasteiger partial charge on any atom is -0.207 e. The van der Waals surface area contributed by atoms with Crippen LogP contribution in [-0.4, -0.2) is 0 Å². The van der Waals surface area contributed by atoms with Crippen LogP contribution in [-0.2, 0) is 6.42 Å². The van der Waals surface area contributed by atoms with Crippen LogP contribution in [0.4, 0.5) is 8.78 Å². The molecule has 2 aromatic rings. The predicted octanol–water partition coefficient (Wildman–Crippen LogP) is 4.95. The molecule has 0 aliphatic rings. The second kappa shape index (κ2) is 5.61. The van der Waals surface area contributed by atoms with E-state index in [1.165, 1.54) is 24.3 Å². The summed E-state index contributed by atoms with van der Waals surface area (Å²) in [5.74, 6) is -0.458. The van der Waals surface area contributed by atoms with Gasteiger partial charge in [-0.1, -0.05) is 34.1 Å². The van der Waals surface area contributed by atoms with E-state index in [1.807, 2.05) is 6.92 Å². The second-order valence-corrected chi connectivity index (χ2v) is 5.40. The lowest BCUT2D eigenvalue weighted by atomic mass is 10.0. The molecule has 0 aliphatic carbocycles. The maximum absolute atomic E-state index is 13.0. The molecule has 2 rings (SSSR count). The molecule has 2 aromatic carbocycles. The maximum Gasteiger partial charge on any atom is 0.123 e. The molecule has 94 valence electrons. The highest BCUT2D eigenvalue weighted by molar-refractivity contribution is 9.09. The molecule has 0 spiro atoms. The van der Waals surface area contributed by atoms with Gasteiger partial charge in [0.1, 0.15) is 11.6 Å². The van der Waals surface area contributed by atoms with E-state index in [-0.39, 0.29) is 16.5 Å². The van der Waals surface area contributed by atoms with Gasteiger partial charge < -0.3 is 0 Å². The highest BCUT2D eigenvalue weighted by atomic mass is 79.9. The summed E-state index contributed by atoms with van der Waals surface area (Å²) in [5.41, 5.74) is 3.02. The van der Waals surface area contributed by atoms with Gasteiger partial charge in [0.05, 0.1) is 0 Å². The van der Waals surface area contributed by atoms with Gasteiger partial charge in [-0.25, -0.2) is 8.78 Å². The first-order valence-electron chi connectivity index (χ1n) is 5.71. The smallest absolute Gasteiger partial charge is 0.123 e. The lowest BCUT2D eigenvalue weighted by molar-refractivity contribution is 0.624. The third-order valence-corrected chi connectivity index (χ3v) is 3.71. The van der Waals surface area contributed by atoms with Crippen molar-refractivity contribution in [1.82, 2.24) is 0 Å². The average molecular weight is 311 g/mol. The molecule has 0 aliphatic heterocycles. The first kappa shape index (κ1) is 13.2. The van der Waals surface area contributed by atoms with Crippen molar-refractivity contribution in [3.63, 3.8) is 0 Å². The lowest BCUT2D eigenvalue weighted by Crippen LogP contribution is -1.98. The van der Waals surface area contributed by atoms with Crippen LogP contribution in [0, 0.1) is 18.6 Å². The summed E-state index contributed by atoms with van der Waals surface area (Å²) in [7, 11) is 0. The monoisotopic (exact) mass is 310 g/mol. The summed E-state index contributed by atoms with van der Waals surface area (Å²) >= 11 is 3.60. The minimum absolute atomic E-state index is 0.101. The molecule has 0 aromatic heterocycles. The average Bonchev–Trinajstić information content (AvgIpc) is 2.32. The number of hydrogen-bond donors (Lipinski definition) is 0. The molecule has 0 bridgehead atoms. The lowest BCUT2D eigenvalue weighted by Gasteiger charge is -2.13. The molecule has 18 heavy (non-hydrogen) atoms. The van der Waals surface area contributed by atoms with Crippen molar-refractivity contribution in [3.8, 4) is 0 Å². The van der Waals surface area contributed by atoms with E-state index in [4.69, 9.17) is 0 Å². The SMILES string of the molecule is Cc1cc(F)ccc1C(Br)Cc1ccc(F)cc1. The number of alkyl halides is 1. The fourth-order valence-electron chi connectivity index (χ4n) is 1.93. The molecule has 3 heteroatoms. The normalized spacial score (nSPS) is 12.4. The van der Waals surface area contributed by atoms with E-state index in [0.717, 1.165) is 23.1 Å². The van der Waals surface area contributed by atoms with E-state index >= 15 is 0 Å². The number of aryl methyl sites for hydroxylation is 1. The molecular weight excluding hydrogens is 298 g/mol. The van der Waals surface area contributed by atoms with Gasteiger partial charge in [-0.05, 0) is 54.3 Å². The van der Waals surface area contributed by atoms with Crippen molar-refractivity contribution < 1.29 is 8.78 Å². The molecule has 1 unspecified atom stereocenters. The van der Waals surface area contributed by atoms with Gasteiger partial charge in [0.2, 0.25) is 0 Å². The summed E-state index contributed by atoms with van der Waals surface area (Å²) in [5, 5.41) is 0. The largest absolute Gasteiger partial charge is 0.207 e. The summed E-state index contributed by atoms with van der Waals surface area (Å²) in [6.07, 6.45) is 0.743. The molecule has 0 amide bonds. The Balaban J connectivity index is 2.16. The molecule has 0 fully saturated rings. The van der Waals surface area contributed by atoms with Crippen LogP contribution >= 0.6 is 15.9 Å². The number of halogens is 3. The van der Waals surface area contributed by atoms with E-state index in [1.54, 1.807) is 18.2 Å². The van der Waals surface area contributed by atoms with Crippen molar-refractivity contribution in [2.24, 2.45) is 0 Å². The van der Waals surface area contributed by atoms with Gasteiger partial charge in [-0.3, -0.25) is 0 Å². The molecule has 0 heterocycles. The van der Waals surface area contributed by atoms with E-state index in [2.05, 4.69) is 15.9 Å². The Morgan fingerprint density at radius 1 is 1.00 bits per heavy atom. The Labute approximate surface area is 114 Å². The van der Waals surface area contributed by atoms with Gasteiger partial charge in [0.15, 0.2) is 0 Å². The zero-order valence-corrected chi connectivity index (χ0v) is 11.5. The Morgan fingerprint density at radius 2 is 1.61 bits per heavy atom. The van der Waals surface area contributed by atoms with Gasteiger partial charge in [-0.15, -0.1) is 0 Å². The maximum atomic E-state index is 13.0. The molecule has 0 radical (unpaired) electrons. The highest BCUT2D eigenvalue weighted by Crippen LogP contribution is 2.29. The van der Waals surface area contributed by atoms with Crippen LogP contribution in [0.2, 0.25) is 0 Å². The first-order valence-corrected chi connectivity index (χ1v) is 6.62. The van der Waals surface area contributed by atoms with Crippen LogP contribution in [0.15, 0.2) is 42.5 Å². The zero-order valence-electron chi connectivity index (χ0n) is 9.96. The molecule has 0 saturated carbocycles. The van der Waals surface area contributed by atoms with Crippen LogP contribution in [0.5, 0.6) is 0 Å². The third kappa shape index (κ3) is 3.16.